The topological polar surface area (TPSA) is 60.9 Å². The third kappa shape index (κ3) is 3.11. The lowest BCUT2D eigenvalue weighted by Gasteiger charge is -2.37. The standard InChI is InChI=1S/C12H22N2O3/c1-9(2)13(8-10(15)16)11(17)14-7-5-6-12(14,3)4/h9H,5-8H2,1-4H3,(H,15,16). The van der Waals surface area contributed by atoms with Crippen LogP contribution in [0.15, 0.2) is 0 Å². The van der Waals surface area contributed by atoms with Gasteiger partial charge in [-0.2, -0.15) is 0 Å². The Labute approximate surface area is 102 Å². The maximum atomic E-state index is 12.3. The molecule has 1 fully saturated rings. The van der Waals surface area contributed by atoms with Crippen LogP contribution in [-0.2, 0) is 4.79 Å². The zero-order chi connectivity index (χ0) is 13.2. The minimum atomic E-state index is -0.968. The number of likely N-dealkylation sites (tertiary alicyclic amines) is 1. The molecule has 0 atom stereocenters. The number of carbonyl (C=O) groups excluding carboxylic acids is 1. The van der Waals surface area contributed by atoms with E-state index in [0.29, 0.717) is 6.54 Å². The van der Waals surface area contributed by atoms with Crippen LogP contribution in [0.5, 0.6) is 0 Å². The average Bonchev–Trinajstić information content (AvgIpc) is 2.52. The van der Waals surface area contributed by atoms with Gasteiger partial charge in [0.2, 0.25) is 0 Å². The summed E-state index contributed by atoms with van der Waals surface area (Å²) in [5.41, 5.74) is -0.164. The lowest BCUT2D eigenvalue weighted by molar-refractivity contribution is -0.138. The highest BCUT2D eigenvalue weighted by molar-refractivity contribution is 5.81. The Morgan fingerprint density at radius 3 is 2.35 bits per heavy atom. The number of carboxylic acid groups (broad SMARTS) is 1. The van der Waals surface area contributed by atoms with Gasteiger partial charge in [0.05, 0.1) is 0 Å². The third-order valence-corrected chi connectivity index (χ3v) is 3.31. The lowest BCUT2D eigenvalue weighted by Crippen LogP contribution is -2.53. The molecule has 1 saturated heterocycles. The third-order valence-electron chi connectivity index (χ3n) is 3.31. The van der Waals surface area contributed by atoms with Crippen molar-refractivity contribution in [1.82, 2.24) is 9.80 Å². The van der Waals surface area contributed by atoms with Gasteiger partial charge in [-0.1, -0.05) is 0 Å². The van der Waals surface area contributed by atoms with E-state index in [0.717, 1.165) is 12.8 Å². The molecular formula is C12H22N2O3. The van der Waals surface area contributed by atoms with E-state index in [4.69, 9.17) is 5.11 Å². The van der Waals surface area contributed by atoms with Crippen LogP contribution >= 0.6 is 0 Å². The maximum Gasteiger partial charge on any atom is 0.323 e. The SMILES string of the molecule is CC(C)N(CC(=O)O)C(=O)N1CCCC1(C)C. The van der Waals surface area contributed by atoms with Crippen LogP contribution in [0.1, 0.15) is 40.5 Å². The van der Waals surface area contributed by atoms with Gasteiger partial charge in [0.25, 0.3) is 0 Å². The van der Waals surface area contributed by atoms with Gasteiger partial charge in [-0.05, 0) is 40.5 Å². The molecule has 1 aliphatic heterocycles. The van der Waals surface area contributed by atoms with Gasteiger partial charge in [0.1, 0.15) is 6.54 Å². The Morgan fingerprint density at radius 1 is 1.41 bits per heavy atom. The molecule has 0 saturated carbocycles. The van der Waals surface area contributed by atoms with Crippen molar-refractivity contribution < 1.29 is 14.7 Å². The maximum absolute atomic E-state index is 12.3. The smallest absolute Gasteiger partial charge is 0.323 e. The van der Waals surface area contributed by atoms with Crippen LogP contribution in [0.3, 0.4) is 0 Å². The minimum absolute atomic E-state index is 0.102. The summed E-state index contributed by atoms with van der Waals surface area (Å²) in [6, 6.07) is -0.264. The molecule has 0 aromatic carbocycles. The monoisotopic (exact) mass is 242 g/mol. The molecule has 1 N–H and O–H groups in total. The van der Waals surface area contributed by atoms with Crippen molar-refractivity contribution in [2.24, 2.45) is 0 Å². The number of hydrogen-bond donors (Lipinski definition) is 1. The van der Waals surface area contributed by atoms with Crippen molar-refractivity contribution in [1.29, 1.82) is 0 Å². The van der Waals surface area contributed by atoms with Crippen LogP contribution in [0, 0.1) is 0 Å². The van der Waals surface area contributed by atoms with Crippen molar-refractivity contribution in [2.45, 2.75) is 52.1 Å². The van der Waals surface area contributed by atoms with Gasteiger partial charge in [-0.3, -0.25) is 4.79 Å². The largest absolute Gasteiger partial charge is 0.480 e. The molecule has 5 nitrogen and oxygen atoms in total. The molecule has 0 bridgehead atoms. The molecule has 98 valence electrons. The van der Waals surface area contributed by atoms with Gasteiger partial charge >= 0.3 is 12.0 Å². The second-order valence-electron chi connectivity index (χ2n) is 5.47. The van der Waals surface area contributed by atoms with Gasteiger partial charge in [0.15, 0.2) is 0 Å². The van der Waals surface area contributed by atoms with E-state index in [2.05, 4.69) is 0 Å². The van der Waals surface area contributed by atoms with Crippen molar-refractivity contribution in [3.8, 4) is 0 Å². The van der Waals surface area contributed by atoms with Gasteiger partial charge in [-0.15, -0.1) is 0 Å². The van der Waals surface area contributed by atoms with E-state index >= 15 is 0 Å². The Bertz CT molecular complexity index is 313. The fourth-order valence-electron chi connectivity index (χ4n) is 2.23. The molecule has 0 spiro atoms. The quantitative estimate of drug-likeness (QED) is 0.820. The summed E-state index contributed by atoms with van der Waals surface area (Å²) in [6.45, 7) is 8.21. The molecule has 1 aliphatic rings. The van der Waals surface area contributed by atoms with E-state index in [1.54, 1.807) is 4.90 Å². The number of carbonyl (C=O) groups is 2. The first kappa shape index (κ1) is 13.8. The molecule has 0 radical (unpaired) electrons. The van der Waals surface area contributed by atoms with Crippen LogP contribution in [0.25, 0.3) is 0 Å². The summed E-state index contributed by atoms with van der Waals surface area (Å²) in [4.78, 5) is 26.3. The first-order chi connectivity index (χ1) is 7.75. The van der Waals surface area contributed by atoms with E-state index in [1.807, 2.05) is 27.7 Å². The van der Waals surface area contributed by atoms with Gasteiger partial charge < -0.3 is 14.9 Å². The number of urea groups is 1. The predicted molar refractivity (Wildman–Crippen MR) is 64.9 cm³/mol. The molecule has 1 heterocycles. The average molecular weight is 242 g/mol. The Balaban J connectivity index is 2.81. The summed E-state index contributed by atoms with van der Waals surface area (Å²) in [5.74, 6) is -0.968. The highest BCUT2D eigenvalue weighted by atomic mass is 16.4. The zero-order valence-electron chi connectivity index (χ0n) is 11.1. The summed E-state index contributed by atoms with van der Waals surface area (Å²) in [7, 11) is 0. The van der Waals surface area contributed by atoms with E-state index in [9.17, 15) is 9.59 Å². The number of hydrogen-bond acceptors (Lipinski definition) is 2. The Morgan fingerprint density at radius 2 is 2.00 bits per heavy atom. The van der Waals surface area contributed by atoms with Crippen molar-refractivity contribution in [2.75, 3.05) is 13.1 Å². The summed E-state index contributed by atoms with van der Waals surface area (Å²) < 4.78 is 0. The van der Waals surface area contributed by atoms with Crippen LogP contribution < -0.4 is 0 Å². The lowest BCUT2D eigenvalue weighted by atomic mass is 10.0. The summed E-state index contributed by atoms with van der Waals surface area (Å²) in [5, 5.41) is 8.84. The number of nitrogens with zero attached hydrogens (tertiary/aromatic N) is 2. The molecule has 0 aromatic heterocycles. The summed E-state index contributed by atoms with van der Waals surface area (Å²) in [6.07, 6.45) is 1.95. The fourth-order valence-corrected chi connectivity index (χ4v) is 2.23. The fraction of sp³-hybridized carbons (Fsp3) is 0.833. The highest BCUT2D eigenvalue weighted by Gasteiger charge is 2.38. The van der Waals surface area contributed by atoms with Crippen molar-refractivity contribution in [3.05, 3.63) is 0 Å². The normalized spacial score (nSPS) is 18.5. The minimum Gasteiger partial charge on any atom is -0.480 e. The first-order valence-corrected chi connectivity index (χ1v) is 6.06. The van der Waals surface area contributed by atoms with Crippen LogP contribution in [0.2, 0.25) is 0 Å². The van der Waals surface area contributed by atoms with Gasteiger partial charge in [-0.25, -0.2) is 4.79 Å². The Hall–Kier alpha value is -1.26. The second-order valence-corrected chi connectivity index (χ2v) is 5.47. The first-order valence-electron chi connectivity index (χ1n) is 6.06. The van der Waals surface area contributed by atoms with Gasteiger partial charge in [0, 0.05) is 18.1 Å². The molecule has 1 rings (SSSR count). The highest BCUT2D eigenvalue weighted by Crippen LogP contribution is 2.29. The van der Waals surface area contributed by atoms with Crippen molar-refractivity contribution in [3.63, 3.8) is 0 Å². The van der Waals surface area contributed by atoms with Crippen LogP contribution in [0.4, 0.5) is 4.79 Å². The molecular weight excluding hydrogens is 220 g/mol. The second kappa shape index (κ2) is 4.94. The molecule has 2 amide bonds. The van der Waals surface area contributed by atoms with Crippen molar-refractivity contribution >= 4 is 12.0 Å². The van der Waals surface area contributed by atoms with E-state index in [1.165, 1.54) is 4.90 Å². The Kier molecular flexibility index (Phi) is 4.01. The number of amides is 2. The number of rotatable bonds is 3. The van der Waals surface area contributed by atoms with Crippen LogP contribution in [-0.4, -0.2) is 51.6 Å². The zero-order valence-corrected chi connectivity index (χ0v) is 11.1. The predicted octanol–water partition coefficient (Wildman–Crippen LogP) is 1.78. The molecule has 0 unspecified atom stereocenters. The molecule has 17 heavy (non-hydrogen) atoms. The number of aliphatic carboxylic acids is 1. The van der Waals surface area contributed by atoms with E-state index < -0.39 is 5.97 Å². The van der Waals surface area contributed by atoms with E-state index in [-0.39, 0.29) is 24.2 Å². The molecule has 5 heteroatoms. The molecule has 0 aromatic rings. The number of carboxylic acids is 1. The molecule has 0 aliphatic carbocycles. The summed E-state index contributed by atoms with van der Waals surface area (Å²) >= 11 is 0.